The molecule has 0 saturated carbocycles. The van der Waals surface area contributed by atoms with Gasteiger partial charge in [-0.3, -0.25) is 4.79 Å². The second kappa shape index (κ2) is 8.13. The Morgan fingerprint density at radius 3 is 2.48 bits per heavy atom. The van der Waals surface area contributed by atoms with Gasteiger partial charge < -0.3 is 24.7 Å². The van der Waals surface area contributed by atoms with E-state index in [2.05, 4.69) is 15.6 Å². The molecule has 2 N–H and O–H groups in total. The number of ether oxygens (including phenoxy) is 1. The summed E-state index contributed by atoms with van der Waals surface area (Å²) in [7, 11) is 0. The molecule has 1 aromatic rings. The molecule has 1 rings (SSSR count). The molecule has 1 aromatic heterocycles. The van der Waals surface area contributed by atoms with Crippen molar-refractivity contribution in [1.29, 1.82) is 0 Å². The zero-order valence-corrected chi connectivity index (χ0v) is 15.8. The summed E-state index contributed by atoms with van der Waals surface area (Å²) in [5, 5.41) is 5.23. The van der Waals surface area contributed by atoms with Crippen molar-refractivity contribution >= 4 is 24.1 Å². The van der Waals surface area contributed by atoms with E-state index in [1.54, 1.807) is 45.4 Å². The largest absolute Gasteiger partial charge is 0.444 e. The van der Waals surface area contributed by atoms with Crippen molar-refractivity contribution < 1.29 is 19.1 Å². The SMILES string of the molecule is CCCC(NC(=O)OC(C)(C)C)C(=O)Nc1cn(C(C)(C)C=O)cn1. The number of amides is 2. The summed E-state index contributed by atoms with van der Waals surface area (Å²) in [6, 6.07) is -0.732. The van der Waals surface area contributed by atoms with Crippen LogP contribution in [-0.2, 0) is 19.9 Å². The molecule has 8 heteroatoms. The number of aromatic nitrogens is 2. The molecule has 0 spiro atoms. The molecule has 0 fully saturated rings. The van der Waals surface area contributed by atoms with Gasteiger partial charge in [-0.2, -0.15) is 0 Å². The van der Waals surface area contributed by atoms with Crippen LogP contribution in [0.5, 0.6) is 0 Å². The lowest BCUT2D eigenvalue weighted by Crippen LogP contribution is -2.45. The molecule has 0 bridgehead atoms. The molecule has 1 unspecified atom stereocenters. The molecule has 0 aliphatic heterocycles. The third kappa shape index (κ3) is 6.56. The summed E-state index contributed by atoms with van der Waals surface area (Å²) in [6.07, 6.45) is 4.37. The van der Waals surface area contributed by atoms with Crippen molar-refractivity contribution in [3.05, 3.63) is 12.5 Å². The van der Waals surface area contributed by atoms with E-state index in [1.165, 1.54) is 6.33 Å². The van der Waals surface area contributed by atoms with Gasteiger partial charge in [0.05, 0.1) is 11.9 Å². The summed E-state index contributed by atoms with van der Waals surface area (Å²) >= 11 is 0. The number of rotatable bonds is 7. The van der Waals surface area contributed by atoms with Crippen molar-refractivity contribution in [3.8, 4) is 0 Å². The van der Waals surface area contributed by atoms with Gasteiger partial charge in [-0.1, -0.05) is 13.3 Å². The Morgan fingerprint density at radius 2 is 1.96 bits per heavy atom. The molecular formula is C17H28N4O4. The van der Waals surface area contributed by atoms with E-state index in [1.807, 2.05) is 6.92 Å². The molecule has 0 aliphatic carbocycles. The predicted molar refractivity (Wildman–Crippen MR) is 94.3 cm³/mol. The fourth-order valence-corrected chi connectivity index (χ4v) is 1.98. The lowest BCUT2D eigenvalue weighted by atomic mass is 10.1. The van der Waals surface area contributed by atoms with Crippen LogP contribution in [0.15, 0.2) is 12.5 Å². The van der Waals surface area contributed by atoms with E-state index in [0.717, 1.165) is 6.29 Å². The number of imidazole rings is 1. The van der Waals surface area contributed by atoms with Gasteiger partial charge in [0.25, 0.3) is 0 Å². The van der Waals surface area contributed by atoms with Crippen LogP contribution in [0.4, 0.5) is 10.6 Å². The van der Waals surface area contributed by atoms with E-state index in [4.69, 9.17) is 4.74 Å². The highest BCUT2D eigenvalue weighted by atomic mass is 16.6. The maximum Gasteiger partial charge on any atom is 0.408 e. The maximum atomic E-state index is 12.4. The number of nitrogens with one attached hydrogen (secondary N) is 2. The van der Waals surface area contributed by atoms with Gasteiger partial charge in [0, 0.05) is 6.20 Å². The van der Waals surface area contributed by atoms with E-state index < -0.39 is 23.3 Å². The van der Waals surface area contributed by atoms with Gasteiger partial charge in [0.2, 0.25) is 5.91 Å². The number of hydrogen-bond donors (Lipinski definition) is 2. The summed E-state index contributed by atoms with van der Waals surface area (Å²) in [4.78, 5) is 39.5. The van der Waals surface area contributed by atoms with Crippen molar-refractivity contribution in [2.24, 2.45) is 0 Å². The lowest BCUT2D eigenvalue weighted by Gasteiger charge is -2.23. The van der Waals surface area contributed by atoms with Gasteiger partial charge in [-0.25, -0.2) is 9.78 Å². The smallest absolute Gasteiger partial charge is 0.408 e. The Labute approximate surface area is 148 Å². The summed E-state index contributed by atoms with van der Waals surface area (Å²) < 4.78 is 6.79. The lowest BCUT2D eigenvalue weighted by molar-refractivity contribution is -0.118. The highest BCUT2D eigenvalue weighted by Gasteiger charge is 2.25. The molecule has 1 atom stereocenters. The van der Waals surface area contributed by atoms with Gasteiger partial charge in [0.1, 0.15) is 17.9 Å². The molecule has 0 saturated heterocycles. The highest BCUT2D eigenvalue weighted by Crippen LogP contribution is 2.15. The van der Waals surface area contributed by atoms with Crippen LogP contribution in [0, 0.1) is 0 Å². The van der Waals surface area contributed by atoms with Crippen LogP contribution in [0.2, 0.25) is 0 Å². The Bertz CT molecular complexity index is 616. The van der Waals surface area contributed by atoms with Crippen molar-refractivity contribution in [1.82, 2.24) is 14.9 Å². The highest BCUT2D eigenvalue weighted by molar-refractivity contribution is 5.95. The number of alkyl carbamates (subject to hydrolysis) is 1. The first kappa shape index (κ1) is 20.7. The number of carbonyl (C=O) groups is 3. The van der Waals surface area contributed by atoms with Gasteiger partial charge in [-0.05, 0) is 41.0 Å². The topological polar surface area (TPSA) is 102 Å². The Morgan fingerprint density at radius 1 is 1.32 bits per heavy atom. The third-order valence-corrected chi connectivity index (χ3v) is 3.37. The number of nitrogens with zero attached hydrogens (tertiary/aromatic N) is 2. The Kier molecular flexibility index (Phi) is 6.72. The van der Waals surface area contributed by atoms with Gasteiger partial charge in [-0.15, -0.1) is 0 Å². The average Bonchev–Trinajstić information content (AvgIpc) is 2.94. The molecule has 1 heterocycles. The van der Waals surface area contributed by atoms with Crippen molar-refractivity contribution in [3.63, 3.8) is 0 Å². The number of aldehydes is 1. The van der Waals surface area contributed by atoms with Crippen LogP contribution in [0.25, 0.3) is 0 Å². The van der Waals surface area contributed by atoms with Crippen LogP contribution in [-0.4, -0.2) is 39.5 Å². The zero-order chi connectivity index (χ0) is 19.3. The van der Waals surface area contributed by atoms with E-state index >= 15 is 0 Å². The number of anilines is 1. The molecule has 2 amide bonds. The minimum absolute atomic E-state index is 0.312. The zero-order valence-electron chi connectivity index (χ0n) is 15.8. The monoisotopic (exact) mass is 352 g/mol. The van der Waals surface area contributed by atoms with Crippen LogP contribution in [0.3, 0.4) is 0 Å². The fraction of sp³-hybridized carbons (Fsp3) is 0.647. The van der Waals surface area contributed by atoms with Crippen molar-refractivity contribution in [2.45, 2.75) is 71.6 Å². The first-order chi connectivity index (χ1) is 11.5. The van der Waals surface area contributed by atoms with E-state index in [0.29, 0.717) is 18.7 Å². The molecular weight excluding hydrogens is 324 g/mol. The minimum Gasteiger partial charge on any atom is -0.444 e. The third-order valence-electron chi connectivity index (χ3n) is 3.37. The molecule has 140 valence electrons. The van der Waals surface area contributed by atoms with Crippen LogP contribution >= 0.6 is 0 Å². The normalized spacial score (nSPS) is 13.0. The standard InChI is InChI=1S/C17H28N4O4/c1-7-8-12(19-15(24)25-16(2,3)4)14(23)20-13-9-21(11-18-13)17(5,6)10-22/h9-12H,7-8H2,1-6H3,(H,19,24)(H,20,23). The van der Waals surface area contributed by atoms with E-state index in [-0.39, 0.29) is 5.91 Å². The maximum absolute atomic E-state index is 12.4. The van der Waals surface area contributed by atoms with E-state index in [9.17, 15) is 14.4 Å². The molecule has 25 heavy (non-hydrogen) atoms. The minimum atomic E-state index is -0.756. The summed E-state index contributed by atoms with van der Waals surface area (Å²) in [5.74, 6) is -0.0751. The number of hydrogen-bond acceptors (Lipinski definition) is 5. The van der Waals surface area contributed by atoms with Crippen LogP contribution < -0.4 is 10.6 Å². The number of carbonyl (C=O) groups excluding carboxylic acids is 3. The first-order valence-corrected chi connectivity index (χ1v) is 8.29. The molecule has 0 aliphatic rings. The molecule has 8 nitrogen and oxygen atoms in total. The Balaban J connectivity index is 2.77. The fourth-order valence-electron chi connectivity index (χ4n) is 1.98. The molecule has 0 radical (unpaired) electrons. The van der Waals surface area contributed by atoms with Gasteiger partial charge >= 0.3 is 6.09 Å². The summed E-state index contributed by atoms with van der Waals surface area (Å²) in [6.45, 7) is 10.6. The first-order valence-electron chi connectivity index (χ1n) is 8.29. The molecule has 0 aromatic carbocycles. The second-order valence-corrected chi connectivity index (χ2v) is 7.41. The van der Waals surface area contributed by atoms with Gasteiger partial charge in [0.15, 0.2) is 5.82 Å². The quantitative estimate of drug-likeness (QED) is 0.734. The second-order valence-electron chi connectivity index (χ2n) is 7.41. The van der Waals surface area contributed by atoms with Crippen molar-refractivity contribution in [2.75, 3.05) is 5.32 Å². The average molecular weight is 352 g/mol. The Hall–Kier alpha value is -2.38. The predicted octanol–water partition coefficient (Wildman–Crippen LogP) is 2.45. The summed E-state index contributed by atoms with van der Waals surface area (Å²) in [5.41, 5.74) is -1.40. The van der Waals surface area contributed by atoms with Crippen LogP contribution in [0.1, 0.15) is 54.4 Å².